The quantitative estimate of drug-likeness (QED) is 0.785. The molecular weight excluding hydrogens is 302 g/mol. The molecule has 2 unspecified atom stereocenters. The number of hydrogen-bond donors (Lipinski definition) is 0. The normalized spacial score (nSPS) is 13.6. The fourth-order valence-corrected chi connectivity index (χ4v) is 2.13. The van der Waals surface area contributed by atoms with Crippen LogP contribution in [0.3, 0.4) is 0 Å². The van der Waals surface area contributed by atoms with Gasteiger partial charge >= 0.3 is 17.7 Å². The fourth-order valence-electron chi connectivity index (χ4n) is 2.13. The third kappa shape index (κ3) is 3.28. The number of fused-ring (bicyclic) bond motifs is 1. The summed E-state index contributed by atoms with van der Waals surface area (Å²) in [6.07, 6.45) is 0.451. The van der Waals surface area contributed by atoms with E-state index in [4.69, 9.17) is 9.15 Å². The van der Waals surface area contributed by atoms with Crippen LogP contribution >= 0.6 is 0 Å². The number of aromatic nitrogens is 1. The molecule has 23 heavy (non-hydrogen) atoms. The van der Waals surface area contributed by atoms with Gasteiger partial charge in [-0.05, 0) is 38.5 Å². The number of nitrogens with zero attached hydrogens (tertiary/aromatic N) is 1. The van der Waals surface area contributed by atoms with Crippen LogP contribution in [0.1, 0.15) is 43.6 Å². The molecule has 0 aliphatic rings. The van der Waals surface area contributed by atoms with Crippen molar-refractivity contribution in [3.63, 3.8) is 0 Å². The molecule has 2 atom stereocenters. The second-order valence-corrected chi connectivity index (χ2v) is 5.24. The molecule has 0 radical (unpaired) electrons. The number of ether oxygens (including phenoxy) is 2. The highest BCUT2D eigenvalue weighted by Crippen LogP contribution is 2.20. The van der Waals surface area contributed by atoms with E-state index >= 15 is 0 Å². The lowest BCUT2D eigenvalue weighted by atomic mass is 10.2. The van der Waals surface area contributed by atoms with Gasteiger partial charge in [0.25, 0.3) is 0 Å². The van der Waals surface area contributed by atoms with Crippen LogP contribution in [-0.4, -0.2) is 29.7 Å². The number of hydrogen-bond acceptors (Lipinski definition) is 6. The zero-order valence-electron chi connectivity index (χ0n) is 13.5. The minimum atomic E-state index is -0.832. The molecule has 0 bridgehead atoms. The Balaban J connectivity index is 2.41. The second-order valence-electron chi connectivity index (χ2n) is 5.24. The van der Waals surface area contributed by atoms with Gasteiger partial charge in [-0.2, -0.15) is 0 Å². The van der Waals surface area contributed by atoms with Crippen molar-refractivity contribution < 1.29 is 23.5 Å². The van der Waals surface area contributed by atoms with E-state index in [1.54, 1.807) is 19.9 Å². The molecule has 7 heteroatoms. The van der Waals surface area contributed by atoms with Gasteiger partial charge in [-0.3, -0.25) is 4.57 Å². The zero-order chi connectivity index (χ0) is 17.1. The standard InChI is InChI=1S/C16H19NO6/c1-5-9(2)22-14(18)10(3)17-12-7-6-11(15(19)21-4)8-13(12)23-16(17)20/h6-10H,5H2,1-4H3. The number of carbonyl (C=O) groups is 2. The summed E-state index contributed by atoms with van der Waals surface area (Å²) < 4.78 is 16.2. The average Bonchev–Trinajstić information content (AvgIpc) is 2.87. The van der Waals surface area contributed by atoms with Crippen molar-refractivity contribution in [1.82, 2.24) is 4.57 Å². The molecule has 1 aromatic heterocycles. The monoisotopic (exact) mass is 321 g/mol. The first-order valence-electron chi connectivity index (χ1n) is 7.32. The van der Waals surface area contributed by atoms with Crippen molar-refractivity contribution in [3.05, 3.63) is 34.3 Å². The SMILES string of the molecule is CCC(C)OC(=O)C(C)n1c(=O)oc2cc(C(=O)OC)ccc21. The molecule has 0 saturated heterocycles. The van der Waals surface area contributed by atoms with Crippen LogP contribution in [0.25, 0.3) is 11.1 Å². The summed E-state index contributed by atoms with van der Waals surface area (Å²) in [7, 11) is 1.26. The van der Waals surface area contributed by atoms with Gasteiger partial charge in [0, 0.05) is 0 Å². The second kappa shape index (κ2) is 6.68. The van der Waals surface area contributed by atoms with Gasteiger partial charge < -0.3 is 13.9 Å². The smallest absolute Gasteiger partial charge is 0.420 e. The maximum Gasteiger partial charge on any atom is 0.420 e. The number of esters is 2. The first kappa shape index (κ1) is 16.8. The topological polar surface area (TPSA) is 87.7 Å². The Morgan fingerprint density at radius 3 is 2.61 bits per heavy atom. The zero-order valence-corrected chi connectivity index (χ0v) is 13.5. The van der Waals surface area contributed by atoms with E-state index in [1.165, 1.54) is 23.8 Å². The molecule has 0 spiro atoms. The minimum absolute atomic E-state index is 0.209. The Bertz CT molecular complexity index is 787. The molecule has 2 rings (SSSR count). The molecule has 1 heterocycles. The Hall–Kier alpha value is -2.57. The van der Waals surface area contributed by atoms with Crippen molar-refractivity contribution in [2.75, 3.05) is 7.11 Å². The van der Waals surface area contributed by atoms with Gasteiger partial charge in [0.2, 0.25) is 0 Å². The van der Waals surface area contributed by atoms with Gasteiger partial charge in [-0.15, -0.1) is 0 Å². The van der Waals surface area contributed by atoms with Crippen molar-refractivity contribution in [1.29, 1.82) is 0 Å². The van der Waals surface area contributed by atoms with Crippen LogP contribution in [0.2, 0.25) is 0 Å². The summed E-state index contributed by atoms with van der Waals surface area (Å²) in [6, 6.07) is 3.62. The van der Waals surface area contributed by atoms with Crippen LogP contribution in [0.5, 0.6) is 0 Å². The Morgan fingerprint density at radius 1 is 1.30 bits per heavy atom. The molecule has 2 aromatic rings. The predicted octanol–water partition coefficient (Wildman–Crippen LogP) is 2.28. The summed E-state index contributed by atoms with van der Waals surface area (Å²) >= 11 is 0. The van der Waals surface area contributed by atoms with Crippen LogP contribution in [0.15, 0.2) is 27.4 Å². The number of methoxy groups -OCH3 is 1. The van der Waals surface area contributed by atoms with E-state index in [1.807, 2.05) is 6.92 Å². The lowest BCUT2D eigenvalue weighted by molar-refractivity contribution is -0.151. The molecular formula is C16H19NO6. The van der Waals surface area contributed by atoms with E-state index in [9.17, 15) is 14.4 Å². The third-order valence-electron chi connectivity index (χ3n) is 3.66. The molecule has 0 amide bonds. The van der Waals surface area contributed by atoms with Gasteiger partial charge in [-0.1, -0.05) is 6.92 Å². The molecule has 7 nitrogen and oxygen atoms in total. The first-order valence-corrected chi connectivity index (χ1v) is 7.32. The van der Waals surface area contributed by atoms with Gasteiger partial charge in [-0.25, -0.2) is 14.4 Å². The van der Waals surface area contributed by atoms with Crippen LogP contribution in [0, 0.1) is 0 Å². The lowest BCUT2D eigenvalue weighted by Gasteiger charge is -2.16. The Labute approximate surface area is 132 Å². The Kier molecular flexibility index (Phi) is 4.88. The fraction of sp³-hybridized carbons (Fsp3) is 0.438. The molecule has 1 aromatic carbocycles. The van der Waals surface area contributed by atoms with E-state index in [0.29, 0.717) is 11.9 Å². The van der Waals surface area contributed by atoms with E-state index in [2.05, 4.69) is 4.74 Å². The van der Waals surface area contributed by atoms with E-state index < -0.39 is 23.7 Å². The summed E-state index contributed by atoms with van der Waals surface area (Å²) in [5, 5.41) is 0. The number of benzene rings is 1. The maximum atomic E-state index is 12.1. The van der Waals surface area contributed by atoms with Gasteiger partial charge in [0.05, 0.1) is 24.3 Å². The summed E-state index contributed by atoms with van der Waals surface area (Å²) in [6.45, 7) is 5.25. The summed E-state index contributed by atoms with van der Waals surface area (Å²) in [5.41, 5.74) is 0.882. The maximum absolute atomic E-state index is 12.1. The Morgan fingerprint density at radius 2 is 2.00 bits per heavy atom. The van der Waals surface area contributed by atoms with E-state index in [0.717, 1.165) is 0 Å². The van der Waals surface area contributed by atoms with Crippen molar-refractivity contribution in [2.45, 2.75) is 39.3 Å². The highest BCUT2D eigenvalue weighted by molar-refractivity contribution is 5.93. The molecule has 124 valence electrons. The summed E-state index contributed by atoms with van der Waals surface area (Å²) in [5.74, 6) is -1.73. The van der Waals surface area contributed by atoms with Crippen molar-refractivity contribution in [3.8, 4) is 0 Å². The molecule has 0 fully saturated rings. The number of oxazole rings is 1. The molecule has 0 aliphatic carbocycles. The molecule has 0 N–H and O–H groups in total. The third-order valence-corrected chi connectivity index (χ3v) is 3.66. The highest BCUT2D eigenvalue weighted by atomic mass is 16.5. The van der Waals surface area contributed by atoms with E-state index in [-0.39, 0.29) is 17.3 Å². The average molecular weight is 321 g/mol. The van der Waals surface area contributed by atoms with Crippen LogP contribution < -0.4 is 5.76 Å². The molecule has 0 aliphatic heterocycles. The first-order chi connectivity index (χ1) is 10.9. The minimum Gasteiger partial charge on any atom is -0.465 e. The van der Waals surface area contributed by atoms with Crippen LogP contribution in [0.4, 0.5) is 0 Å². The number of carbonyl (C=O) groups excluding carboxylic acids is 2. The molecule has 0 saturated carbocycles. The van der Waals surface area contributed by atoms with Gasteiger partial charge in [0.1, 0.15) is 6.04 Å². The van der Waals surface area contributed by atoms with Crippen molar-refractivity contribution >= 4 is 23.0 Å². The lowest BCUT2D eigenvalue weighted by Crippen LogP contribution is -2.28. The predicted molar refractivity (Wildman–Crippen MR) is 82.4 cm³/mol. The summed E-state index contributed by atoms with van der Waals surface area (Å²) in [4.78, 5) is 35.7. The van der Waals surface area contributed by atoms with Crippen molar-refractivity contribution in [2.24, 2.45) is 0 Å². The highest BCUT2D eigenvalue weighted by Gasteiger charge is 2.24. The van der Waals surface area contributed by atoms with Crippen LogP contribution in [-0.2, 0) is 14.3 Å². The van der Waals surface area contributed by atoms with Gasteiger partial charge in [0.15, 0.2) is 5.58 Å². The largest absolute Gasteiger partial charge is 0.465 e. The number of rotatable bonds is 5.